The highest BCUT2D eigenvalue weighted by molar-refractivity contribution is 5.80. The maximum atomic E-state index is 12.2. The predicted molar refractivity (Wildman–Crippen MR) is 70.7 cm³/mol. The number of esters is 1. The second kappa shape index (κ2) is 3.73. The largest absolute Gasteiger partial charge is 0.457 e. The van der Waals surface area contributed by atoms with E-state index >= 15 is 0 Å². The highest BCUT2D eigenvalue weighted by atomic mass is 16.6. The van der Waals surface area contributed by atoms with Gasteiger partial charge >= 0.3 is 5.97 Å². The SMILES string of the molecule is CCC(C)(C)C1(CC)OC(=O)C(C)(C)C1(C)C. The van der Waals surface area contributed by atoms with Crippen molar-refractivity contribution in [3.63, 3.8) is 0 Å². The van der Waals surface area contributed by atoms with Crippen LogP contribution < -0.4 is 0 Å². The Kier molecular flexibility index (Phi) is 3.19. The average Bonchev–Trinajstić information content (AvgIpc) is 2.36. The van der Waals surface area contributed by atoms with Gasteiger partial charge in [-0.25, -0.2) is 0 Å². The summed E-state index contributed by atoms with van der Waals surface area (Å²) in [5, 5.41) is 0. The molecule has 2 nitrogen and oxygen atoms in total. The Labute approximate surface area is 106 Å². The van der Waals surface area contributed by atoms with Gasteiger partial charge in [0.05, 0.1) is 5.41 Å². The third-order valence-corrected chi connectivity index (χ3v) is 5.82. The zero-order valence-corrected chi connectivity index (χ0v) is 12.7. The number of hydrogen-bond donors (Lipinski definition) is 0. The molecule has 0 amide bonds. The summed E-state index contributed by atoms with van der Waals surface area (Å²) in [5.41, 5.74) is -0.954. The molecule has 0 aliphatic carbocycles. The highest BCUT2D eigenvalue weighted by Gasteiger charge is 2.69. The van der Waals surface area contributed by atoms with Gasteiger partial charge in [-0.05, 0) is 26.7 Å². The van der Waals surface area contributed by atoms with Crippen molar-refractivity contribution in [2.45, 2.75) is 73.8 Å². The van der Waals surface area contributed by atoms with Crippen LogP contribution in [-0.2, 0) is 9.53 Å². The van der Waals surface area contributed by atoms with Gasteiger partial charge in [-0.1, -0.05) is 41.5 Å². The quantitative estimate of drug-likeness (QED) is 0.692. The van der Waals surface area contributed by atoms with Crippen molar-refractivity contribution >= 4 is 5.97 Å². The molecule has 1 atom stereocenters. The summed E-state index contributed by atoms with van der Waals surface area (Å²) in [4.78, 5) is 12.2. The van der Waals surface area contributed by atoms with Crippen LogP contribution in [-0.4, -0.2) is 11.6 Å². The van der Waals surface area contributed by atoms with Gasteiger partial charge in [0, 0.05) is 10.8 Å². The van der Waals surface area contributed by atoms with Crippen molar-refractivity contribution in [2.75, 3.05) is 0 Å². The van der Waals surface area contributed by atoms with E-state index in [0.29, 0.717) is 0 Å². The first-order valence-corrected chi connectivity index (χ1v) is 6.73. The molecule has 1 aliphatic rings. The van der Waals surface area contributed by atoms with Gasteiger partial charge in [0.2, 0.25) is 0 Å². The fourth-order valence-electron chi connectivity index (χ4n) is 3.44. The van der Waals surface area contributed by atoms with E-state index in [-0.39, 0.29) is 22.4 Å². The van der Waals surface area contributed by atoms with Crippen molar-refractivity contribution in [2.24, 2.45) is 16.2 Å². The first-order chi connectivity index (χ1) is 7.50. The normalized spacial score (nSPS) is 31.4. The molecule has 0 aromatic heterocycles. The molecule has 0 radical (unpaired) electrons. The van der Waals surface area contributed by atoms with Gasteiger partial charge in [-0.2, -0.15) is 0 Å². The minimum absolute atomic E-state index is 0.00528. The van der Waals surface area contributed by atoms with Crippen LogP contribution in [0.3, 0.4) is 0 Å². The zero-order chi connectivity index (χ0) is 13.7. The van der Waals surface area contributed by atoms with Crippen LogP contribution in [0, 0.1) is 16.2 Å². The monoisotopic (exact) mass is 240 g/mol. The van der Waals surface area contributed by atoms with E-state index in [9.17, 15) is 4.79 Å². The standard InChI is InChI=1S/C15H28O2/c1-9-12(3,4)15(10-2)14(7,8)13(5,6)11(16)17-15/h9-10H2,1-8H3. The number of carbonyl (C=O) groups excluding carboxylic acids is 1. The molecule has 2 heteroatoms. The van der Waals surface area contributed by atoms with E-state index in [4.69, 9.17) is 4.74 Å². The molecule has 0 aromatic rings. The summed E-state index contributed by atoms with van der Waals surface area (Å²) in [7, 11) is 0. The Morgan fingerprint density at radius 2 is 1.59 bits per heavy atom. The fourth-order valence-corrected chi connectivity index (χ4v) is 3.44. The van der Waals surface area contributed by atoms with Crippen molar-refractivity contribution in [1.82, 2.24) is 0 Å². The second-order valence-electron chi connectivity index (χ2n) is 7.06. The summed E-state index contributed by atoms with van der Waals surface area (Å²) in [5.74, 6) is -0.0501. The Hall–Kier alpha value is -0.530. The third-order valence-electron chi connectivity index (χ3n) is 5.82. The van der Waals surface area contributed by atoms with E-state index < -0.39 is 5.41 Å². The maximum absolute atomic E-state index is 12.2. The second-order valence-corrected chi connectivity index (χ2v) is 7.06. The lowest BCUT2D eigenvalue weighted by Gasteiger charge is -2.52. The lowest BCUT2D eigenvalue weighted by molar-refractivity contribution is -0.171. The van der Waals surface area contributed by atoms with Gasteiger partial charge in [-0.15, -0.1) is 0 Å². The molecule has 0 N–H and O–H groups in total. The van der Waals surface area contributed by atoms with Crippen molar-refractivity contribution in [1.29, 1.82) is 0 Å². The molecule has 1 aliphatic heterocycles. The van der Waals surface area contributed by atoms with E-state index in [2.05, 4.69) is 41.5 Å². The van der Waals surface area contributed by atoms with Crippen LogP contribution in [0.25, 0.3) is 0 Å². The first kappa shape index (κ1) is 14.5. The molecule has 17 heavy (non-hydrogen) atoms. The topological polar surface area (TPSA) is 26.3 Å². The third kappa shape index (κ3) is 1.49. The Morgan fingerprint density at radius 1 is 1.12 bits per heavy atom. The van der Waals surface area contributed by atoms with E-state index in [1.807, 2.05) is 13.8 Å². The van der Waals surface area contributed by atoms with Crippen LogP contribution in [0.1, 0.15) is 68.2 Å². The van der Waals surface area contributed by atoms with Crippen LogP contribution in [0.15, 0.2) is 0 Å². The number of carbonyl (C=O) groups is 1. The van der Waals surface area contributed by atoms with E-state index in [0.717, 1.165) is 12.8 Å². The fraction of sp³-hybridized carbons (Fsp3) is 0.933. The highest BCUT2D eigenvalue weighted by Crippen LogP contribution is 2.63. The Morgan fingerprint density at radius 3 is 1.82 bits per heavy atom. The minimum Gasteiger partial charge on any atom is -0.457 e. The van der Waals surface area contributed by atoms with Crippen molar-refractivity contribution in [3.05, 3.63) is 0 Å². The van der Waals surface area contributed by atoms with Crippen molar-refractivity contribution < 1.29 is 9.53 Å². The van der Waals surface area contributed by atoms with Crippen LogP contribution in [0.2, 0.25) is 0 Å². The summed E-state index contributed by atoms with van der Waals surface area (Å²) in [6, 6.07) is 0. The molecule has 1 saturated heterocycles. The maximum Gasteiger partial charge on any atom is 0.312 e. The van der Waals surface area contributed by atoms with Gasteiger partial charge in [0.15, 0.2) is 0 Å². The lowest BCUT2D eigenvalue weighted by atomic mass is 9.52. The number of hydrogen-bond acceptors (Lipinski definition) is 2. The van der Waals surface area contributed by atoms with Crippen LogP contribution >= 0.6 is 0 Å². The van der Waals surface area contributed by atoms with Crippen molar-refractivity contribution in [3.8, 4) is 0 Å². The van der Waals surface area contributed by atoms with Gasteiger partial charge in [0.25, 0.3) is 0 Å². The number of ether oxygens (including phenoxy) is 1. The van der Waals surface area contributed by atoms with Crippen LogP contribution in [0.5, 0.6) is 0 Å². The molecule has 0 aromatic carbocycles. The molecule has 1 unspecified atom stereocenters. The molecular weight excluding hydrogens is 212 g/mol. The lowest BCUT2D eigenvalue weighted by Crippen LogP contribution is -2.55. The molecule has 1 rings (SSSR count). The van der Waals surface area contributed by atoms with E-state index in [1.54, 1.807) is 0 Å². The van der Waals surface area contributed by atoms with E-state index in [1.165, 1.54) is 0 Å². The number of rotatable bonds is 3. The summed E-state index contributed by atoms with van der Waals surface area (Å²) in [6.45, 7) is 17.1. The molecule has 1 heterocycles. The molecule has 100 valence electrons. The molecule has 0 spiro atoms. The molecule has 0 bridgehead atoms. The van der Waals surface area contributed by atoms with Gasteiger partial charge < -0.3 is 4.74 Å². The first-order valence-electron chi connectivity index (χ1n) is 6.73. The molecule has 0 saturated carbocycles. The minimum atomic E-state index is -0.421. The Bertz CT molecular complexity index is 326. The zero-order valence-electron chi connectivity index (χ0n) is 12.7. The molecule has 1 fully saturated rings. The predicted octanol–water partition coefficient (Wildman–Crippen LogP) is 4.18. The number of cyclic esters (lactones) is 1. The van der Waals surface area contributed by atoms with Gasteiger partial charge in [0.1, 0.15) is 5.60 Å². The summed E-state index contributed by atoms with van der Waals surface area (Å²) < 4.78 is 5.95. The summed E-state index contributed by atoms with van der Waals surface area (Å²) >= 11 is 0. The van der Waals surface area contributed by atoms with Crippen LogP contribution in [0.4, 0.5) is 0 Å². The smallest absolute Gasteiger partial charge is 0.312 e. The summed E-state index contributed by atoms with van der Waals surface area (Å²) in [6.07, 6.45) is 1.88. The molecular formula is C15H28O2. The van der Waals surface area contributed by atoms with Gasteiger partial charge in [-0.3, -0.25) is 4.79 Å². The Balaban J connectivity index is 3.43. The average molecular weight is 240 g/mol.